The average Bonchev–Trinajstić information content (AvgIpc) is 2.41. The highest BCUT2D eigenvalue weighted by Crippen LogP contribution is 2.32. The lowest BCUT2D eigenvalue weighted by atomic mass is 10.2. The van der Waals surface area contributed by atoms with Crippen LogP contribution >= 0.6 is 11.6 Å². The first-order chi connectivity index (χ1) is 9.13. The van der Waals surface area contributed by atoms with Crippen LogP contribution in [0.5, 0.6) is 11.6 Å². The van der Waals surface area contributed by atoms with E-state index in [4.69, 9.17) is 16.3 Å². The highest BCUT2D eigenvalue weighted by molar-refractivity contribution is 6.32. The molecular weight excluding hydrogens is 262 g/mol. The van der Waals surface area contributed by atoms with Gasteiger partial charge < -0.3 is 9.64 Å². The Bertz CT molecular complexity index is 635. The number of pyridine rings is 1. The first-order valence-electron chi connectivity index (χ1n) is 5.62. The predicted molar refractivity (Wildman–Crippen MR) is 74.8 cm³/mol. The van der Waals surface area contributed by atoms with Crippen LogP contribution in [-0.2, 0) is 0 Å². The largest absolute Gasteiger partial charge is 0.436 e. The van der Waals surface area contributed by atoms with Crippen molar-refractivity contribution in [2.75, 3.05) is 19.0 Å². The molecule has 0 atom stereocenters. The molecule has 1 aromatic heterocycles. The van der Waals surface area contributed by atoms with E-state index in [9.17, 15) is 5.26 Å². The van der Waals surface area contributed by atoms with Gasteiger partial charge in [-0.1, -0.05) is 23.7 Å². The number of ether oxygens (including phenoxy) is 1. The lowest BCUT2D eigenvalue weighted by Gasteiger charge is -2.16. The molecule has 19 heavy (non-hydrogen) atoms. The van der Waals surface area contributed by atoms with Crippen LogP contribution in [0.1, 0.15) is 5.56 Å². The number of rotatable bonds is 3. The molecule has 4 nitrogen and oxygen atoms in total. The smallest absolute Gasteiger partial charge is 0.239 e. The summed E-state index contributed by atoms with van der Waals surface area (Å²) in [6, 6.07) is 10.9. The molecular formula is C14H12ClN3O. The van der Waals surface area contributed by atoms with Crippen LogP contribution in [-0.4, -0.2) is 19.1 Å². The molecule has 0 bridgehead atoms. The average molecular weight is 274 g/mol. The summed E-state index contributed by atoms with van der Waals surface area (Å²) in [5.41, 5.74) is 1.13. The standard InChI is InChI=1S/C14H12ClN3O/c1-18(2)12-7-8-17-14(10(12)9-16)19-13-6-4-3-5-11(13)15/h3-8H,1-2H3. The number of aromatic nitrogens is 1. The highest BCUT2D eigenvalue weighted by Gasteiger charge is 2.14. The van der Waals surface area contributed by atoms with Crippen molar-refractivity contribution in [3.63, 3.8) is 0 Å². The number of benzene rings is 1. The minimum absolute atomic E-state index is 0.252. The molecule has 0 spiro atoms. The molecule has 5 heteroatoms. The molecule has 0 amide bonds. The molecule has 0 N–H and O–H groups in total. The van der Waals surface area contributed by atoms with Crippen molar-refractivity contribution < 1.29 is 4.74 Å². The second-order valence-electron chi connectivity index (χ2n) is 4.05. The Kier molecular flexibility index (Phi) is 3.88. The van der Waals surface area contributed by atoms with Gasteiger partial charge in [-0.05, 0) is 18.2 Å². The summed E-state index contributed by atoms with van der Waals surface area (Å²) >= 11 is 6.03. The van der Waals surface area contributed by atoms with Crippen LogP contribution in [0.15, 0.2) is 36.5 Å². The molecule has 2 rings (SSSR count). The lowest BCUT2D eigenvalue weighted by Crippen LogP contribution is -2.11. The SMILES string of the molecule is CN(C)c1ccnc(Oc2ccccc2Cl)c1C#N. The Morgan fingerprint density at radius 1 is 1.26 bits per heavy atom. The molecule has 2 aromatic rings. The molecule has 0 unspecified atom stereocenters. The summed E-state index contributed by atoms with van der Waals surface area (Å²) < 4.78 is 5.63. The van der Waals surface area contributed by atoms with Crippen molar-refractivity contribution in [2.24, 2.45) is 0 Å². The monoisotopic (exact) mass is 273 g/mol. The van der Waals surface area contributed by atoms with E-state index in [1.807, 2.05) is 31.1 Å². The van der Waals surface area contributed by atoms with Crippen molar-refractivity contribution in [3.8, 4) is 17.7 Å². The summed E-state index contributed by atoms with van der Waals surface area (Å²) in [6.45, 7) is 0. The second-order valence-corrected chi connectivity index (χ2v) is 4.46. The van der Waals surface area contributed by atoms with E-state index in [0.717, 1.165) is 5.69 Å². The van der Waals surface area contributed by atoms with Crippen LogP contribution in [0.2, 0.25) is 5.02 Å². The zero-order chi connectivity index (χ0) is 13.8. The minimum Gasteiger partial charge on any atom is -0.436 e. The van der Waals surface area contributed by atoms with Gasteiger partial charge in [-0.15, -0.1) is 0 Å². The number of nitrogens with zero attached hydrogens (tertiary/aromatic N) is 3. The van der Waals surface area contributed by atoms with Gasteiger partial charge in [0, 0.05) is 20.3 Å². The Morgan fingerprint density at radius 3 is 2.63 bits per heavy atom. The Morgan fingerprint density at radius 2 is 2.00 bits per heavy atom. The zero-order valence-corrected chi connectivity index (χ0v) is 11.3. The van der Waals surface area contributed by atoms with Crippen LogP contribution in [0.3, 0.4) is 0 Å². The van der Waals surface area contributed by atoms with E-state index >= 15 is 0 Å². The molecule has 0 aliphatic rings. The molecule has 1 aromatic carbocycles. The topological polar surface area (TPSA) is 49.2 Å². The summed E-state index contributed by atoms with van der Waals surface area (Å²) in [5, 5.41) is 9.74. The van der Waals surface area contributed by atoms with E-state index < -0.39 is 0 Å². The van der Waals surface area contributed by atoms with E-state index in [1.165, 1.54) is 0 Å². The zero-order valence-electron chi connectivity index (χ0n) is 10.6. The van der Waals surface area contributed by atoms with Gasteiger partial charge in [0.25, 0.3) is 0 Å². The number of halogens is 1. The van der Waals surface area contributed by atoms with Gasteiger partial charge in [-0.3, -0.25) is 0 Å². The number of para-hydroxylation sites is 1. The minimum atomic E-state index is 0.252. The molecule has 0 fully saturated rings. The van der Waals surface area contributed by atoms with E-state index in [1.54, 1.807) is 24.4 Å². The molecule has 0 saturated carbocycles. The van der Waals surface area contributed by atoms with Crippen molar-refractivity contribution in [1.82, 2.24) is 4.98 Å². The van der Waals surface area contributed by atoms with Crippen molar-refractivity contribution >= 4 is 17.3 Å². The summed E-state index contributed by atoms with van der Waals surface area (Å²) in [7, 11) is 3.71. The molecule has 0 saturated heterocycles. The van der Waals surface area contributed by atoms with Crippen LogP contribution in [0.25, 0.3) is 0 Å². The first-order valence-corrected chi connectivity index (χ1v) is 6.00. The number of hydrogen-bond donors (Lipinski definition) is 0. The second kappa shape index (κ2) is 5.59. The molecule has 1 heterocycles. The predicted octanol–water partition coefficient (Wildman–Crippen LogP) is 3.46. The Hall–Kier alpha value is -2.25. The van der Waals surface area contributed by atoms with Crippen LogP contribution in [0, 0.1) is 11.3 Å². The maximum absolute atomic E-state index is 9.27. The van der Waals surface area contributed by atoms with Gasteiger partial charge in [-0.2, -0.15) is 5.26 Å². The van der Waals surface area contributed by atoms with Gasteiger partial charge in [-0.25, -0.2) is 4.98 Å². The van der Waals surface area contributed by atoms with E-state index in [-0.39, 0.29) is 5.88 Å². The van der Waals surface area contributed by atoms with Gasteiger partial charge >= 0.3 is 0 Å². The molecule has 0 radical (unpaired) electrons. The number of nitriles is 1. The van der Waals surface area contributed by atoms with E-state index in [0.29, 0.717) is 16.3 Å². The third-order valence-corrected chi connectivity index (χ3v) is 2.84. The summed E-state index contributed by atoms with van der Waals surface area (Å²) in [5.74, 6) is 0.728. The first kappa shape index (κ1) is 13.2. The Labute approximate surface area is 116 Å². The molecule has 0 aliphatic carbocycles. The maximum Gasteiger partial charge on any atom is 0.239 e. The van der Waals surface area contributed by atoms with Crippen molar-refractivity contribution in [1.29, 1.82) is 5.26 Å². The third kappa shape index (κ3) is 2.78. The van der Waals surface area contributed by atoms with E-state index in [2.05, 4.69) is 11.1 Å². The fourth-order valence-corrected chi connectivity index (χ4v) is 1.79. The third-order valence-electron chi connectivity index (χ3n) is 2.53. The number of anilines is 1. The molecule has 96 valence electrons. The van der Waals surface area contributed by atoms with Crippen molar-refractivity contribution in [2.45, 2.75) is 0 Å². The van der Waals surface area contributed by atoms with Gasteiger partial charge in [0.15, 0.2) is 0 Å². The highest BCUT2D eigenvalue weighted by atomic mass is 35.5. The summed E-state index contributed by atoms with van der Waals surface area (Å²) in [4.78, 5) is 5.93. The van der Waals surface area contributed by atoms with Crippen molar-refractivity contribution in [3.05, 3.63) is 47.1 Å². The summed E-state index contributed by atoms with van der Waals surface area (Å²) in [6.07, 6.45) is 1.60. The Balaban J connectivity index is 2.44. The normalized spacial score (nSPS) is 9.79. The lowest BCUT2D eigenvalue weighted by molar-refractivity contribution is 0.461. The fourth-order valence-electron chi connectivity index (χ4n) is 1.62. The van der Waals surface area contributed by atoms with Gasteiger partial charge in [0.05, 0.1) is 10.7 Å². The maximum atomic E-state index is 9.27. The van der Waals surface area contributed by atoms with Crippen LogP contribution < -0.4 is 9.64 Å². The quantitative estimate of drug-likeness (QED) is 0.859. The number of hydrogen-bond acceptors (Lipinski definition) is 4. The van der Waals surface area contributed by atoms with Crippen LogP contribution in [0.4, 0.5) is 5.69 Å². The van der Waals surface area contributed by atoms with Gasteiger partial charge in [0.2, 0.25) is 5.88 Å². The van der Waals surface area contributed by atoms with Gasteiger partial charge in [0.1, 0.15) is 17.4 Å². The fraction of sp³-hybridized carbons (Fsp3) is 0.143. The molecule has 0 aliphatic heterocycles.